The molecule has 1 aromatic rings. The van der Waals surface area contributed by atoms with Crippen molar-refractivity contribution < 1.29 is 13.2 Å². The third-order valence-electron chi connectivity index (χ3n) is 2.17. The van der Waals surface area contributed by atoms with Crippen LogP contribution in [0.5, 0.6) is 0 Å². The predicted octanol–water partition coefficient (Wildman–Crippen LogP) is 2.43. The largest absolute Gasteiger partial charge is 0.379 e. The van der Waals surface area contributed by atoms with Crippen molar-refractivity contribution in [3.8, 4) is 0 Å². The normalized spacial score (nSPS) is 12.0. The molecule has 18 heavy (non-hydrogen) atoms. The number of ether oxygens (including phenoxy) is 1. The molecule has 0 aliphatic heterocycles. The molecule has 0 saturated heterocycles. The molecule has 0 aliphatic carbocycles. The summed E-state index contributed by atoms with van der Waals surface area (Å²) >= 11 is 5.76. The molecular formula is C12H18ClNO3S. The molecule has 0 radical (unpaired) electrons. The van der Waals surface area contributed by atoms with Crippen molar-refractivity contribution in [1.29, 1.82) is 0 Å². The van der Waals surface area contributed by atoms with Crippen LogP contribution in [0.1, 0.15) is 20.3 Å². The fourth-order valence-electron chi connectivity index (χ4n) is 1.32. The van der Waals surface area contributed by atoms with Crippen LogP contribution in [0.2, 0.25) is 5.02 Å². The molecule has 0 saturated carbocycles. The maximum Gasteiger partial charge on any atom is 0.240 e. The van der Waals surface area contributed by atoms with E-state index in [-0.39, 0.29) is 11.0 Å². The maximum atomic E-state index is 11.9. The van der Waals surface area contributed by atoms with E-state index in [0.717, 1.165) is 0 Å². The zero-order chi connectivity index (χ0) is 13.6. The van der Waals surface area contributed by atoms with Gasteiger partial charge < -0.3 is 4.74 Å². The van der Waals surface area contributed by atoms with Gasteiger partial charge in [-0.3, -0.25) is 0 Å². The van der Waals surface area contributed by atoms with Crippen molar-refractivity contribution in [2.45, 2.75) is 31.3 Å². The first-order valence-corrected chi connectivity index (χ1v) is 7.65. The minimum atomic E-state index is -3.47. The topological polar surface area (TPSA) is 55.4 Å². The van der Waals surface area contributed by atoms with E-state index in [4.69, 9.17) is 16.3 Å². The van der Waals surface area contributed by atoms with Gasteiger partial charge in [0.2, 0.25) is 10.0 Å². The smallest absolute Gasteiger partial charge is 0.240 e. The summed E-state index contributed by atoms with van der Waals surface area (Å²) in [6.45, 7) is 4.77. The second-order valence-corrected chi connectivity index (χ2v) is 6.33. The first-order valence-electron chi connectivity index (χ1n) is 5.78. The van der Waals surface area contributed by atoms with Gasteiger partial charge in [0.25, 0.3) is 0 Å². The van der Waals surface area contributed by atoms with Gasteiger partial charge in [-0.15, -0.1) is 0 Å². The lowest BCUT2D eigenvalue weighted by molar-refractivity contribution is 0.0778. The minimum Gasteiger partial charge on any atom is -0.379 e. The Kier molecular flexibility index (Phi) is 6.08. The van der Waals surface area contributed by atoms with E-state index >= 15 is 0 Å². The van der Waals surface area contributed by atoms with Gasteiger partial charge in [0.15, 0.2) is 0 Å². The van der Waals surface area contributed by atoms with Crippen molar-refractivity contribution in [3.05, 3.63) is 29.3 Å². The molecule has 0 aliphatic rings. The van der Waals surface area contributed by atoms with E-state index in [1.807, 2.05) is 13.8 Å². The van der Waals surface area contributed by atoms with E-state index in [1.165, 1.54) is 12.1 Å². The Labute approximate surface area is 113 Å². The van der Waals surface area contributed by atoms with Crippen molar-refractivity contribution >= 4 is 21.6 Å². The van der Waals surface area contributed by atoms with E-state index in [1.54, 1.807) is 12.1 Å². The predicted molar refractivity (Wildman–Crippen MR) is 72.3 cm³/mol. The summed E-state index contributed by atoms with van der Waals surface area (Å²) in [7, 11) is -3.47. The van der Waals surface area contributed by atoms with Gasteiger partial charge in [-0.2, -0.15) is 0 Å². The van der Waals surface area contributed by atoms with Crippen LogP contribution in [-0.4, -0.2) is 27.7 Å². The molecule has 6 heteroatoms. The van der Waals surface area contributed by atoms with Crippen molar-refractivity contribution in [1.82, 2.24) is 4.72 Å². The highest BCUT2D eigenvalue weighted by Gasteiger charge is 2.13. The SMILES string of the molecule is CC(C)OCCCNS(=O)(=O)c1cccc(Cl)c1. The fraction of sp³-hybridized carbons (Fsp3) is 0.500. The monoisotopic (exact) mass is 291 g/mol. The molecule has 4 nitrogen and oxygen atoms in total. The molecule has 0 aromatic heterocycles. The van der Waals surface area contributed by atoms with E-state index in [0.29, 0.717) is 24.6 Å². The second kappa shape index (κ2) is 7.09. The van der Waals surface area contributed by atoms with E-state index in [9.17, 15) is 8.42 Å². The van der Waals surface area contributed by atoms with E-state index < -0.39 is 10.0 Å². The fourth-order valence-corrected chi connectivity index (χ4v) is 2.69. The van der Waals surface area contributed by atoms with Crippen molar-refractivity contribution in [3.63, 3.8) is 0 Å². The number of sulfonamides is 1. The average Bonchev–Trinajstić information content (AvgIpc) is 2.28. The second-order valence-electron chi connectivity index (χ2n) is 4.13. The highest BCUT2D eigenvalue weighted by molar-refractivity contribution is 7.89. The summed E-state index contributed by atoms with van der Waals surface area (Å²) < 4.78 is 31.6. The van der Waals surface area contributed by atoms with Gasteiger partial charge in [-0.25, -0.2) is 13.1 Å². The van der Waals surface area contributed by atoms with Crippen LogP contribution in [0.3, 0.4) is 0 Å². The van der Waals surface area contributed by atoms with Crippen LogP contribution in [0.15, 0.2) is 29.2 Å². The van der Waals surface area contributed by atoms with Gasteiger partial charge in [0, 0.05) is 18.2 Å². The molecule has 0 bridgehead atoms. The third-order valence-corrected chi connectivity index (χ3v) is 3.86. The van der Waals surface area contributed by atoms with Crippen molar-refractivity contribution in [2.75, 3.05) is 13.2 Å². The summed E-state index contributed by atoms with van der Waals surface area (Å²) in [6, 6.07) is 6.18. The lowest BCUT2D eigenvalue weighted by atomic mass is 10.4. The summed E-state index contributed by atoms with van der Waals surface area (Å²) in [5.41, 5.74) is 0. The van der Waals surface area contributed by atoms with Crippen LogP contribution in [0, 0.1) is 0 Å². The van der Waals surface area contributed by atoms with Crippen LogP contribution in [-0.2, 0) is 14.8 Å². The maximum absolute atomic E-state index is 11.9. The van der Waals surface area contributed by atoms with Gasteiger partial charge in [0.05, 0.1) is 11.0 Å². The molecule has 1 N–H and O–H groups in total. The molecule has 1 aromatic carbocycles. The van der Waals surface area contributed by atoms with Crippen LogP contribution in [0.4, 0.5) is 0 Å². The molecule has 0 unspecified atom stereocenters. The minimum absolute atomic E-state index is 0.162. The molecule has 0 heterocycles. The standard InChI is InChI=1S/C12H18ClNO3S/c1-10(2)17-8-4-7-14-18(15,16)12-6-3-5-11(13)9-12/h3,5-6,9-10,14H,4,7-8H2,1-2H3. The third kappa shape index (κ3) is 5.35. The lowest BCUT2D eigenvalue weighted by Crippen LogP contribution is -2.25. The Hall–Kier alpha value is -0.620. The summed E-state index contributed by atoms with van der Waals surface area (Å²) in [6.07, 6.45) is 0.798. The molecule has 0 spiro atoms. The molecule has 102 valence electrons. The van der Waals surface area contributed by atoms with Crippen LogP contribution < -0.4 is 4.72 Å². The van der Waals surface area contributed by atoms with Gasteiger partial charge in [-0.05, 0) is 38.5 Å². The molecular weight excluding hydrogens is 274 g/mol. The van der Waals surface area contributed by atoms with Crippen LogP contribution in [0.25, 0.3) is 0 Å². The first-order chi connectivity index (χ1) is 8.42. The molecule has 0 amide bonds. The van der Waals surface area contributed by atoms with Crippen LogP contribution >= 0.6 is 11.6 Å². The number of benzene rings is 1. The highest BCUT2D eigenvalue weighted by atomic mass is 35.5. The number of halogens is 1. The summed E-state index contributed by atoms with van der Waals surface area (Å²) in [4.78, 5) is 0.180. The van der Waals surface area contributed by atoms with Gasteiger partial charge in [0.1, 0.15) is 0 Å². The van der Waals surface area contributed by atoms with Gasteiger partial charge >= 0.3 is 0 Å². The summed E-state index contributed by atoms with van der Waals surface area (Å²) in [5.74, 6) is 0. The molecule has 1 rings (SSSR count). The number of hydrogen-bond donors (Lipinski definition) is 1. The highest BCUT2D eigenvalue weighted by Crippen LogP contribution is 2.14. The number of rotatable bonds is 7. The Morgan fingerprint density at radius 1 is 1.39 bits per heavy atom. The zero-order valence-corrected chi connectivity index (χ0v) is 12.1. The quantitative estimate of drug-likeness (QED) is 0.785. The number of nitrogens with one attached hydrogen (secondary N) is 1. The Morgan fingerprint density at radius 3 is 2.72 bits per heavy atom. The van der Waals surface area contributed by atoms with E-state index in [2.05, 4.69) is 4.72 Å². The Bertz CT molecular complexity index is 474. The zero-order valence-electron chi connectivity index (χ0n) is 10.5. The first kappa shape index (κ1) is 15.4. The lowest BCUT2D eigenvalue weighted by Gasteiger charge is -2.09. The number of hydrogen-bond acceptors (Lipinski definition) is 3. The summed E-state index contributed by atoms with van der Waals surface area (Å²) in [5, 5.41) is 0.404. The Morgan fingerprint density at radius 2 is 2.11 bits per heavy atom. The molecule has 0 fully saturated rings. The van der Waals surface area contributed by atoms with Crippen molar-refractivity contribution in [2.24, 2.45) is 0 Å². The average molecular weight is 292 g/mol. The Balaban J connectivity index is 2.46. The van der Waals surface area contributed by atoms with Gasteiger partial charge in [-0.1, -0.05) is 17.7 Å². The molecule has 0 atom stereocenters.